The lowest BCUT2D eigenvalue weighted by atomic mass is 9.91. The number of ether oxygens (including phenoxy) is 1. The standard InChI is InChI=1S/C7H14O5/c1-3-4(2-8)12-7(11)6(10)5(3)9/h3-11H,2H2,1H3/t3-,4?,5?,6+,7+/m0/s1. The Labute approximate surface area is 70.2 Å². The van der Waals surface area contributed by atoms with Crippen molar-refractivity contribution in [3.05, 3.63) is 0 Å². The Morgan fingerprint density at radius 3 is 2.25 bits per heavy atom. The molecule has 0 bridgehead atoms. The Morgan fingerprint density at radius 2 is 1.75 bits per heavy atom. The van der Waals surface area contributed by atoms with Crippen molar-refractivity contribution in [2.75, 3.05) is 6.61 Å². The van der Waals surface area contributed by atoms with Crippen LogP contribution >= 0.6 is 0 Å². The quantitative estimate of drug-likeness (QED) is 0.375. The van der Waals surface area contributed by atoms with Gasteiger partial charge in [0.15, 0.2) is 6.29 Å². The first kappa shape index (κ1) is 9.88. The molecule has 72 valence electrons. The third-order valence-electron chi connectivity index (χ3n) is 2.26. The maximum absolute atomic E-state index is 9.32. The molecule has 0 aromatic rings. The summed E-state index contributed by atoms with van der Waals surface area (Å²) in [6, 6.07) is 0. The van der Waals surface area contributed by atoms with E-state index in [2.05, 4.69) is 0 Å². The fourth-order valence-electron chi connectivity index (χ4n) is 1.29. The second-order valence-corrected chi connectivity index (χ2v) is 3.09. The van der Waals surface area contributed by atoms with Crippen LogP contribution in [0.25, 0.3) is 0 Å². The molecular weight excluding hydrogens is 164 g/mol. The van der Waals surface area contributed by atoms with Crippen molar-refractivity contribution in [1.29, 1.82) is 0 Å². The zero-order chi connectivity index (χ0) is 9.30. The van der Waals surface area contributed by atoms with Gasteiger partial charge in [0.2, 0.25) is 0 Å². The molecule has 12 heavy (non-hydrogen) atoms. The van der Waals surface area contributed by atoms with E-state index in [1.165, 1.54) is 0 Å². The van der Waals surface area contributed by atoms with Gasteiger partial charge in [-0.1, -0.05) is 6.92 Å². The summed E-state index contributed by atoms with van der Waals surface area (Å²) in [6.07, 6.45) is -4.36. The molecule has 0 aromatic heterocycles. The molecule has 2 unspecified atom stereocenters. The molecule has 1 fully saturated rings. The monoisotopic (exact) mass is 178 g/mol. The van der Waals surface area contributed by atoms with Crippen LogP contribution in [0.1, 0.15) is 6.92 Å². The average Bonchev–Trinajstić information content (AvgIpc) is 2.08. The highest BCUT2D eigenvalue weighted by molar-refractivity contribution is 4.85. The van der Waals surface area contributed by atoms with E-state index in [9.17, 15) is 5.11 Å². The Kier molecular flexibility index (Phi) is 3.03. The number of rotatable bonds is 1. The van der Waals surface area contributed by atoms with Crippen molar-refractivity contribution in [2.24, 2.45) is 5.92 Å². The van der Waals surface area contributed by atoms with Crippen molar-refractivity contribution >= 4 is 0 Å². The topological polar surface area (TPSA) is 90.2 Å². The molecule has 1 heterocycles. The predicted molar refractivity (Wildman–Crippen MR) is 39.1 cm³/mol. The normalized spacial score (nSPS) is 49.2. The van der Waals surface area contributed by atoms with Crippen LogP contribution in [-0.2, 0) is 4.74 Å². The van der Waals surface area contributed by atoms with Crippen LogP contribution in [0.5, 0.6) is 0 Å². The zero-order valence-electron chi connectivity index (χ0n) is 6.79. The van der Waals surface area contributed by atoms with Crippen LogP contribution in [-0.4, -0.2) is 51.6 Å². The molecule has 4 N–H and O–H groups in total. The maximum atomic E-state index is 9.32. The largest absolute Gasteiger partial charge is 0.394 e. The van der Waals surface area contributed by atoms with E-state index < -0.39 is 24.6 Å². The molecule has 5 atom stereocenters. The third kappa shape index (κ3) is 1.60. The van der Waals surface area contributed by atoms with Crippen LogP contribution in [0.3, 0.4) is 0 Å². The summed E-state index contributed by atoms with van der Waals surface area (Å²) in [6.45, 7) is 1.36. The summed E-state index contributed by atoms with van der Waals surface area (Å²) in [5, 5.41) is 36.2. The molecular formula is C7H14O5. The highest BCUT2D eigenvalue weighted by Gasteiger charge is 2.40. The Balaban J connectivity index is 2.63. The Hall–Kier alpha value is -0.200. The van der Waals surface area contributed by atoms with Gasteiger partial charge in [-0.15, -0.1) is 0 Å². The first-order valence-electron chi connectivity index (χ1n) is 3.88. The minimum absolute atomic E-state index is 0.276. The van der Waals surface area contributed by atoms with Crippen molar-refractivity contribution in [3.63, 3.8) is 0 Å². The summed E-state index contributed by atoms with van der Waals surface area (Å²) in [4.78, 5) is 0. The van der Waals surface area contributed by atoms with Crippen LogP contribution in [0.15, 0.2) is 0 Å². The molecule has 0 radical (unpaired) electrons. The molecule has 0 amide bonds. The molecule has 5 nitrogen and oxygen atoms in total. The van der Waals surface area contributed by atoms with Crippen molar-refractivity contribution in [2.45, 2.75) is 31.5 Å². The first-order valence-corrected chi connectivity index (χ1v) is 3.88. The molecule has 1 aliphatic heterocycles. The molecule has 1 rings (SSSR count). The lowest BCUT2D eigenvalue weighted by Crippen LogP contribution is -2.54. The van der Waals surface area contributed by atoms with Gasteiger partial charge in [0.05, 0.1) is 18.8 Å². The minimum atomic E-state index is -1.41. The van der Waals surface area contributed by atoms with Crippen LogP contribution in [0, 0.1) is 5.92 Å². The van der Waals surface area contributed by atoms with E-state index in [0.29, 0.717) is 0 Å². The molecule has 0 spiro atoms. The summed E-state index contributed by atoms with van der Waals surface area (Å²) >= 11 is 0. The smallest absolute Gasteiger partial charge is 0.183 e. The molecule has 0 aromatic carbocycles. The predicted octanol–water partition coefficient (Wildman–Crippen LogP) is -1.95. The lowest BCUT2D eigenvalue weighted by molar-refractivity contribution is -0.271. The molecule has 0 aliphatic carbocycles. The van der Waals surface area contributed by atoms with Gasteiger partial charge in [-0.3, -0.25) is 0 Å². The third-order valence-corrected chi connectivity index (χ3v) is 2.26. The SMILES string of the molecule is C[C@H]1C(CO)O[C@@H](O)[C@H](O)C1O. The highest BCUT2D eigenvalue weighted by Crippen LogP contribution is 2.24. The highest BCUT2D eigenvalue weighted by atomic mass is 16.6. The van der Waals surface area contributed by atoms with Gasteiger partial charge < -0.3 is 25.2 Å². The van der Waals surface area contributed by atoms with Crippen LogP contribution < -0.4 is 0 Å². The zero-order valence-corrected chi connectivity index (χ0v) is 6.79. The van der Waals surface area contributed by atoms with Gasteiger partial charge in [0, 0.05) is 5.92 Å². The second-order valence-electron chi connectivity index (χ2n) is 3.09. The number of aliphatic hydroxyl groups excluding tert-OH is 4. The van der Waals surface area contributed by atoms with E-state index in [4.69, 9.17) is 20.1 Å². The number of aliphatic hydroxyl groups is 4. The van der Waals surface area contributed by atoms with E-state index in [0.717, 1.165) is 0 Å². The van der Waals surface area contributed by atoms with Crippen LogP contribution in [0.4, 0.5) is 0 Å². The second kappa shape index (κ2) is 3.68. The van der Waals surface area contributed by atoms with E-state index in [-0.39, 0.29) is 12.5 Å². The van der Waals surface area contributed by atoms with Crippen LogP contribution in [0.2, 0.25) is 0 Å². The van der Waals surface area contributed by atoms with Crippen molar-refractivity contribution in [1.82, 2.24) is 0 Å². The van der Waals surface area contributed by atoms with E-state index >= 15 is 0 Å². The van der Waals surface area contributed by atoms with Gasteiger partial charge in [0.25, 0.3) is 0 Å². The minimum Gasteiger partial charge on any atom is -0.394 e. The summed E-state index contributed by atoms with van der Waals surface area (Å²) in [5.74, 6) is -0.381. The summed E-state index contributed by atoms with van der Waals surface area (Å²) in [5.41, 5.74) is 0. The Morgan fingerprint density at radius 1 is 1.17 bits per heavy atom. The molecule has 1 aliphatic rings. The average molecular weight is 178 g/mol. The van der Waals surface area contributed by atoms with Gasteiger partial charge >= 0.3 is 0 Å². The van der Waals surface area contributed by atoms with Crippen molar-refractivity contribution in [3.8, 4) is 0 Å². The molecule has 1 saturated heterocycles. The summed E-state index contributed by atoms with van der Waals surface area (Å²) < 4.78 is 4.83. The van der Waals surface area contributed by atoms with E-state index in [1.807, 2.05) is 0 Å². The fourth-order valence-corrected chi connectivity index (χ4v) is 1.29. The molecule has 0 saturated carbocycles. The Bertz CT molecular complexity index is 146. The van der Waals surface area contributed by atoms with Gasteiger partial charge in [-0.05, 0) is 0 Å². The number of hydrogen-bond acceptors (Lipinski definition) is 5. The van der Waals surface area contributed by atoms with Gasteiger partial charge in [-0.2, -0.15) is 0 Å². The lowest BCUT2D eigenvalue weighted by Gasteiger charge is -2.38. The summed E-state index contributed by atoms with van der Waals surface area (Å²) in [7, 11) is 0. The fraction of sp³-hybridized carbons (Fsp3) is 1.00. The van der Waals surface area contributed by atoms with E-state index in [1.54, 1.807) is 6.92 Å². The van der Waals surface area contributed by atoms with Crippen molar-refractivity contribution < 1.29 is 25.2 Å². The van der Waals surface area contributed by atoms with Gasteiger partial charge in [0.1, 0.15) is 6.10 Å². The maximum Gasteiger partial charge on any atom is 0.183 e. The van der Waals surface area contributed by atoms with Gasteiger partial charge in [-0.25, -0.2) is 0 Å². The number of hydrogen-bond donors (Lipinski definition) is 4. The first-order chi connectivity index (χ1) is 5.57. The molecule has 5 heteroatoms.